The molecule has 0 spiro atoms. The smallest absolute Gasteiger partial charge is 0.111 e. The van der Waals surface area contributed by atoms with Crippen LogP contribution < -0.4 is 9.84 Å². The van der Waals surface area contributed by atoms with Gasteiger partial charge in [0.15, 0.2) is 0 Å². The van der Waals surface area contributed by atoms with E-state index < -0.39 is 0 Å². The standard InChI is InChI=1S/C14H21BrO5/c15-5-6-17-7-8-18-9-10-19-11-12-20-14-4-2-1-3-13(14)16/h1-4,16H,5-12H2/p-1. The number of halogens is 1. The van der Waals surface area contributed by atoms with Crippen molar-refractivity contribution < 1.29 is 24.1 Å². The van der Waals surface area contributed by atoms with Crippen LogP contribution in [-0.4, -0.2) is 51.6 Å². The summed E-state index contributed by atoms with van der Waals surface area (Å²) in [7, 11) is 0. The van der Waals surface area contributed by atoms with Crippen LogP contribution in [0.25, 0.3) is 0 Å². The largest absolute Gasteiger partial charge is 0.870 e. The van der Waals surface area contributed by atoms with Crippen molar-refractivity contribution in [2.24, 2.45) is 0 Å². The summed E-state index contributed by atoms with van der Waals surface area (Å²) in [4.78, 5) is 0. The predicted molar refractivity (Wildman–Crippen MR) is 77.6 cm³/mol. The van der Waals surface area contributed by atoms with Gasteiger partial charge in [-0.05, 0) is 6.07 Å². The zero-order chi connectivity index (χ0) is 14.5. The Balaban J connectivity index is 1.87. The molecule has 0 aliphatic carbocycles. The Kier molecular flexibility index (Phi) is 10.3. The maximum Gasteiger partial charge on any atom is 0.111 e. The van der Waals surface area contributed by atoms with Crippen LogP contribution >= 0.6 is 15.9 Å². The lowest BCUT2D eigenvalue weighted by atomic mass is 10.3. The Morgan fingerprint density at radius 3 is 1.95 bits per heavy atom. The summed E-state index contributed by atoms with van der Waals surface area (Å²) in [5, 5.41) is 12.2. The Hall–Kier alpha value is -0.820. The minimum atomic E-state index is -0.112. The summed E-state index contributed by atoms with van der Waals surface area (Å²) >= 11 is 3.27. The molecule has 0 unspecified atom stereocenters. The van der Waals surface area contributed by atoms with Gasteiger partial charge in [-0.3, -0.25) is 0 Å². The van der Waals surface area contributed by atoms with E-state index in [4.69, 9.17) is 18.9 Å². The van der Waals surface area contributed by atoms with Gasteiger partial charge in [-0.15, -0.1) is 0 Å². The summed E-state index contributed by atoms with van der Waals surface area (Å²) in [5.41, 5.74) is 0. The SMILES string of the molecule is [O-]c1ccccc1OCCOCCOCCOCCBr. The first-order valence-corrected chi connectivity index (χ1v) is 7.65. The van der Waals surface area contributed by atoms with E-state index in [1.807, 2.05) is 0 Å². The topological polar surface area (TPSA) is 60.0 Å². The monoisotopic (exact) mass is 347 g/mol. The Morgan fingerprint density at radius 2 is 1.35 bits per heavy atom. The highest BCUT2D eigenvalue weighted by Crippen LogP contribution is 2.20. The molecule has 114 valence electrons. The summed E-state index contributed by atoms with van der Waals surface area (Å²) in [6, 6.07) is 6.58. The van der Waals surface area contributed by atoms with Crippen LogP contribution in [0.3, 0.4) is 0 Å². The maximum absolute atomic E-state index is 11.3. The molecule has 0 aromatic heterocycles. The molecular weight excluding hydrogens is 328 g/mol. The van der Waals surface area contributed by atoms with Gasteiger partial charge < -0.3 is 24.1 Å². The third kappa shape index (κ3) is 8.37. The summed E-state index contributed by atoms with van der Waals surface area (Å²) in [6.45, 7) is 3.66. The van der Waals surface area contributed by atoms with Gasteiger partial charge in [-0.2, -0.15) is 0 Å². The quantitative estimate of drug-likeness (QED) is 0.424. The van der Waals surface area contributed by atoms with Crippen molar-refractivity contribution in [3.8, 4) is 11.5 Å². The molecule has 0 aliphatic heterocycles. The lowest BCUT2D eigenvalue weighted by molar-refractivity contribution is -0.270. The molecule has 1 aromatic rings. The van der Waals surface area contributed by atoms with Crippen LogP contribution in [0, 0.1) is 0 Å². The molecule has 0 radical (unpaired) electrons. The van der Waals surface area contributed by atoms with Crippen molar-refractivity contribution in [3.63, 3.8) is 0 Å². The van der Waals surface area contributed by atoms with Gasteiger partial charge >= 0.3 is 0 Å². The Morgan fingerprint density at radius 1 is 0.800 bits per heavy atom. The maximum atomic E-state index is 11.3. The number of alkyl halides is 1. The lowest BCUT2D eigenvalue weighted by Gasteiger charge is -2.14. The van der Waals surface area contributed by atoms with Gasteiger partial charge in [0.25, 0.3) is 0 Å². The molecule has 0 saturated carbocycles. The zero-order valence-electron chi connectivity index (χ0n) is 11.4. The van der Waals surface area contributed by atoms with Gasteiger partial charge in [0.2, 0.25) is 0 Å². The molecule has 0 bridgehead atoms. The number of benzene rings is 1. The van der Waals surface area contributed by atoms with Crippen molar-refractivity contribution in [1.29, 1.82) is 0 Å². The van der Waals surface area contributed by atoms with Gasteiger partial charge in [-0.1, -0.05) is 39.9 Å². The lowest BCUT2D eigenvalue weighted by Crippen LogP contribution is -2.13. The van der Waals surface area contributed by atoms with E-state index in [-0.39, 0.29) is 5.75 Å². The van der Waals surface area contributed by atoms with Gasteiger partial charge in [0.1, 0.15) is 12.4 Å². The molecule has 0 saturated heterocycles. The summed E-state index contributed by atoms with van der Waals surface area (Å²) in [6.07, 6.45) is 0. The third-order valence-corrected chi connectivity index (χ3v) is 2.62. The van der Waals surface area contributed by atoms with Crippen LogP contribution in [0.15, 0.2) is 24.3 Å². The molecule has 1 aromatic carbocycles. The van der Waals surface area contributed by atoms with E-state index in [9.17, 15) is 5.11 Å². The van der Waals surface area contributed by atoms with Crippen molar-refractivity contribution >= 4 is 15.9 Å². The highest BCUT2D eigenvalue weighted by molar-refractivity contribution is 9.09. The zero-order valence-corrected chi connectivity index (χ0v) is 13.0. The molecule has 0 atom stereocenters. The number of rotatable bonds is 12. The van der Waals surface area contributed by atoms with Crippen LogP contribution in [0.4, 0.5) is 0 Å². The third-order valence-electron chi connectivity index (χ3n) is 2.30. The summed E-state index contributed by atoms with van der Waals surface area (Å²) in [5.74, 6) is 0.246. The molecule has 1 rings (SSSR count). The van der Waals surface area contributed by atoms with Gasteiger partial charge in [0.05, 0.1) is 39.6 Å². The van der Waals surface area contributed by atoms with Crippen LogP contribution in [0.1, 0.15) is 0 Å². The molecule has 0 heterocycles. The van der Waals surface area contributed by atoms with Gasteiger partial charge in [0, 0.05) is 5.33 Å². The first-order valence-electron chi connectivity index (χ1n) is 6.52. The average Bonchev–Trinajstić information content (AvgIpc) is 2.46. The Bertz CT molecular complexity index is 348. The van der Waals surface area contributed by atoms with Crippen molar-refractivity contribution in [3.05, 3.63) is 24.3 Å². The minimum absolute atomic E-state index is 0.112. The van der Waals surface area contributed by atoms with Gasteiger partial charge in [-0.25, -0.2) is 0 Å². The number of hydrogen-bond donors (Lipinski definition) is 0. The summed E-state index contributed by atoms with van der Waals surface area (Å²) < 4.78 is 21.2. The highest BCUT2D eigenvalue weighted by atomic mass is 79.9. The highest BCUT2D eigenvalue weighted by Gasteiger charge is 1.95. The number of para-hydroxylation sites is 2. The fourth-order valence-corrected chi connectivity index (χ4v) is 1.61. The van der Waals surface area contributed by atoms with Crippen molar-refractivity contribution in [1.82, 2.24) is 0 Å². The number of ether oxygens (including phenoxy) is 4. The molecule has 20 heavy (non-hydrogen) atoms. The predicted octanol–water partition coefficient (Wildman–Crippen LogP) is 1.58. The molecular formula is C14H20BrO5-. The van der Waals surface area contributed by atoms with Crippen molar-refractivity contribution in [2.75, 3.05) is 51.6 Å². The molecule has 0 amide bonds. The normalized spacial score (nSPS) is 10.7. The second kappa shape index (κ2) is 12.0. The van der Waals surface area contributed by atoms with E-state index in [1.165, 1.54) is 6.07 Å². The van der Waals surface area contributed by atoms with E-state index in [0.717, 1.165) is 5.33 Å². The molecule has 0 fully saturated rings. The molecule has 5 nitrogen and oxygen atoms in total. The van der Waals surface area contributed by atoms with Crippen LogP contribution in [0.2, 0.25) is 0 Å². The molecule has 6 heteroatoms. The van der Waals surface area contributed by atoms with E-state index in [2.05, 4.69) is 15.9 Å². The second-order valence-electron chi connectivity index (χ2n) is 3.82. The Labute approximate surface area is 127 Å². The number of hydrogen-bond acceptors (Lipinski definition) is 5. The van der Waals surface area contributed by atoms with E-state index >= 15 is 0 Å². The molecule has 0 N–H and O–H groups in total. The first-order chi connectivity index (χ1) is 9.84. The first kappa shape index (κ1) is 17.2. The average molecular weight is 348 g/mol. The fraction of sp³-hybridized carbons (Fsp3) is 0.571. The van der Waals surface area contributed by atoms with E-state index in [0.29, 0.717) is 52.0 Å². The van der Waals surface area contributed by atoms with Crippen LogP contribution in [0.5, 0.6) is 11.5 Å². The van der Waals surface area contributed by atoms with Crippen LogP contribution in [-0.2, 0) is 14.2 Å². The van der Waals surface area contributed by atoms with E-state index in [1.54, 1.807) is 18.2 Å². The second-order valence-corrected chi connectivity index (χ2v) is 4.61. The molecule has 0 aliphatic rings. The minimum Gasteiger partial charge on any atom is -0.870 e. The van der Waals surface area contributed by atoms with Crippen molar-refractivity contribution in [2.45, 2.75) is 0 Å². The fourth-order valence-electron chi connectivity index (χ4n) is 1.38.